The van der Waals surface area contributed by atoms with Gasteiger partial charge in [-0.25, -0.2) is 4.39 Å². The molecule has 1 aromatic carbocycles. The van der Waals surface area contributed by atoms with Crippen LogP contribution in [0.1, 0.15) is 44.2 Å². The van der Waals surface area contributed by atoms with Crippen LogP contribution in [0.15, 0.2) is 18.2 Å². The maximum atomic E-state index is 14.0. The number of nitrogens with two attached hydrogens (primary N) is 1. The molecule has 0 aromatic heterocycles. The van der Waals surface area contributed by atoms with Gasteiger partial charge in [-0.05, 0) is 31.9 Å². The van der Waals surface area contributed by atoms with Crippen LogP contribution in [0.2, 0.25) is 0 Å². The van der Waals surface area contributed by atoms with E-state index in [1.807, 2.05) is 6.07 Å². The zero-order valence-electron chi connectivity index (χ0n) is 11.5. The first-order chi connectivity index (χ1) is 9.15. The Morgan fingerprint density at radius 3 is 2.68 bits per heavy atom. The van der Waals surface area contributed by atoms with E-state index in [1.165, 1.54) is 18.9 Å². The van der Waals surface area contributed by atoms with E-state index in [2.05, 4.69) is 4.90 Å². The first-order valence-electron chi connectivity index (χ1n) is 7.06. The summed E-state index contributed by atoms with van der Waals surface area (Å²) in [6.07, 6.45) is 4.62. The summed E-state index contributed by atoms with van der Waals surface area (Å²) in [6, 6.07) is 5.13. The van der Waals surface area contributed by atoms with E-state index in [0.29, 0.717) is 18.2 Å². The van der Waals surface area contributed by atoms with E-state index in [-0.39, 0.29) is 18.5 Å². The van der Waals surface area contributed by atoms with Crippen LogP contribution >= 0.6 is 0 Å². The first-order valence-corrected chi connectivity index (χ1v) is 7.06. The molecular formula is C15H23FN2O. The molecule has 0 radical (unpaired) electrons. The van der Waals surface area contributed by atoms with Gasteiger partial charge in [0, 0.05) is 29.9 Å². The Balaban J connectivity index is 2.37. The molecule has 1 aliphatic carbocycles. The van der Waals surface area contributed by atoms with Gasteiger partial charge in [-0.3, -0.25) is 0 Å². The van der Waals surface area contributed by atoms with Gasteiger partial charge >= 0.3 is 0 Å². The highest BCUT2D eigenvalue weighted by molar-refractivity contribution is 5.56. The molecule has 106 valence electrons. The molecule has 2 rings (SSSR count). The largest absolute Gasteiger partial charge is 0.395 e. The number of hydrogen-bond acceptors (Lipinski definition) is 3. The molecule has 1 aromatic rings. The summed E-state index contributed by atoms with van der Waals surface area (Å²) < 4.78 is 14.0. The summed E-state index contributed by atoms with van der Waals surface area (Å²) >= 11 is 0. The fraction of sp³-hybridized carbons (Fsp3) is 0.600. The number of nitrogens with zero attached hydrogens (tertiary/aromatic N) is 1. The lowest BCUT2D eigenvalue weighted by molar-refractivity contribution is 0.297. The van der Waals surface area contributed by atoms with Crippen LogP contribution in [0.3, 0.4) is 0 Å². The van der Waals surface area contributed by atoms with Crippen molar-refractivity contribution in [3.05, 3.63) is 29.6 Å². The first kappa shape index (κ1) is 14.3. The number of benzene rings is 1. The molecule has 19 heavy (non-hydrogen) atoms. The quantitative estimate of drug-likeness (QED) is 0.861. The molecule has 0 amide bonds. The number of hydrogen-bond donors (Lipinski definition) is 2. The summed E-state index contributed by atoms with van der Waals surface area (Å²) in [4.78, 5) is 2.13. The third-order valence-corrected chi connectivity index (χ3v) is 3.90. The maximum Gasteiger partial charge on any atom is 0.130 e. The van der Waals surface area contributed by atoms with Crippen LogP contribution < -0.4 is 10.6 Å². The molecule has 0 heterocycles. The highest BCUT2D eigenvalue weighted by Crippen LogP contribution is 2.33. The highest BCUT2D eigenvalue weighted by atomic mass is 19.1. The third kappa shape index (κ3) is 3.07. The molecule has 3 N–H and O–H groups in total. The van der Waals surface area contributed by atoms with Crippen molar-refractivity contribution in [2.24, 2.45) is 5.73 Å². The standard InChI is InChI=1S/C15H23FN2O/c1-11(17)15-13(16)7-4-8-14(15)18(9-10-19)12-5-2-3-6-12/h4,7-8,11-12,19H,2-3,5-6,9-10,17H2,1H3/t11-/m1/s1. The Morgan fingerprint density at radius 1 is 1.42 bits per heavy atom. The number of aliphatic hydroxyl groups excluding tert-OH is 1. The van der Waals surface area contributed by atoms with E-state index in [0.717, 1.165) is 18.5 Å². The van der Waals surface area contributed by atoms with E-state index >= 15 is 0 Å². The van der Waals surface area contributed by atoms with Gasteiger partial charge in [-0.1, -0.05) is 18.9 Å². The molecule has 0 spiro atoms. The summed E-state index contributed by atoms with van der Waals surface area (Å²) in [5.74, 6) is -0.256. The van der Waals surface area contributed by atoms with Crippen molar-refractivity contribution in [1.29, 1.82) is 0 Å². The van der Waals surface area contributed by atoms with Gasteiger partial charge in [-0.15, -0.1) is 0 Å². The lowest BCUT2D eigenvalue weighted by Crippen LogP contribution is -2.37. The van der Waals surface area contributed by atoms with Crippen molar-refractivity contribution in [3.8, 4) is 0 Å². The van der Waals surface area contributed by atoms with Gasteiger partial charge in [0.05, 0.1) is 6.61 Å². The normalized spacial score (nSPS) is 17.7. The molecule has 4 heteroatoms. The van der Waals surface area contributed by atoms with Gasteiger partial charge in [0.25, 0.3) is 0 Å². The molecule has 1 atom stereocenters. The van der Waals surface area contributed by atoms with Crippen LogP contribution in [0.4, 0.5) is 10.1 Å². The third-order valence-electron chi connectivity index (χ3n) is 3.90. The average molecular weight is 266 g/mol. The van der Waals surface area contributed by atoms with Gasteiger partial charge < -0.3 is 15.7 Å². The van der Waals surface area contributed by atoms with Gasteiger partial charge in [-0.2, -0.15) is 0 Å². The lowest BCUT2D eigenvalue weighted by Gasteiger charge is -2.33. The van der Waals surface area contributed by atoms with E-state index in [9.17, 15) is 9.50 Å². The molecule has 1 aliphatic rings. The van der Waals surface area contributed by atoms with Crippen LogP contribution in [0.5, 0.6) is 0 Å². The molecular weight excluding hydrogens is 243 g/mol. The Bertz CT molecular complexity index is 417. The molecule has 0 unspecified atom stereocenters. The Kier molecular flexibility index (Phi) is 4.77. The molecule has 0 bridgehead atoms. The summed E-state index contributed by atoms with van der Waals surface area (Å²) in [6.45, 7) is 2.41. The maximum absolute atomic E-state index is 14.0. The van der Waals surface area contributed by atoms with Crippen LogP contribution in [-0.2, 0) is 0 Å². The SMILES string of the molecule is C[C@@H](N)c1c(F)cccc1N(CCO)C1CCCC1. The van der Waals surface area contributed by atoms with Crippen LogP contribution in [0.25, 0.3) is 0 Å². The van der Waals surface area contributed by atoms with Crippen LogP contribution in [-0.4, -0.2) is 24.3 Å². The van der Waals surface area contributed by atoms with Crippen molar-refractivity contribution in [2.45, 2.75) is 44.7 Å². The molecule has 1 saturated carbocycles. The zero-order chi connectivity index (χ0) is 13.8. The fourth-order valence-corrected chi connectivity index (χ4v) is 3.05. The van der Waals surface area contributed by atoms with Crippen molar-refractivity contribution >= 4 is 5.69 Å². The Hall–Kier alpha value is -1.13. The monoisotopic (exact) mass is 266 g/mol. The van der Waals surface area contributed by atoms with Gasteiger partial charge in [0.15, 0.2) is 0 Å². The number of halogens is 1. The molecule has 0 aliphatic heterocycles. The molecule has 1 fully saturated rings. The summed E-state index contributed by atoms with van der Waals surface area (Å²) in [5.41, 5.74) is 7.32. The number of anilines is 1. The van der Waals surface area contributed by atoms with Gasteiger partial charge in [0.1, 0.15) is 5.82 Å². The average Bonchev–Trinajstić information content (AvgIpc) is 2.88. The van der Waals surface area contributed by atoms with Crippen molar-refractivity contribution < 1.29 is 9.50 Å². The molecule has 0 saturated heterocycles. The highest BCUT2D eigenvalue weighted by Gasteiger charge is 2.26. The predicted octanol–water partition coefficient (Wildman–Crippen LogP) is 2.59. The second-order valence-electron chi connectivity index (χ2n) is 5.32. The second kappa shape index (κ2) is 6.35. The lowest BCUT2D eigenvalue weighted by atomic mass is 10.0. The minimum absolute atomic E-state index is 0.0748. The minimum Gasteiger partial charge on any atom is -0.395 e. The van der Waals surface area contributed by atoms with E-state index < -0.39 is 0 Å². The minimum atomic E-state index is -0.348. The Labute approximate surface area is 114 Å². The molecule has 3 nitrogen and oxygen atoms in total. The second-order valence-corrected chi connectivity index (χ2v) is 5.32. The fourth-order valence-electron chi connectivity index (χ4n) is 3.05. The van der Waals surface area contributed by atoms with Crippen LogP contribution in [0, 0.1) is 5.82 Å². The van der Waals surface area contributed by atoms with E-state index in [1.54, 1.807) is 13.0 Å². The topological polar surface area (TPSA) is 49.5 Å². The smallest absolute Gasteiger partial charge is 0.130 e. The predicted molar refractivity (Wildman–Crippen MR) is 75.7 cm³/mol. The van der Waals surface area contributed by atoms with Crippen molar-refractivity contribution in [1.82, 2.24) is 0 Å². The Morgan fingerprint density at radius 2 is 2.11 bits per heavy atom. The zero-order valence-corrected chi connectivity index (χ0v) is 11.5. The summed E-state index contributed by atoms with van der Waals surface area (Å²) in [7, 11) is 0. The van der Waals surface area contributed by atoms with Crippen molar-refractivity contribution in [2.75, 3.05) is 18.1 Å². The number of rotatable bonds is 5. The number of aliphatic hydroxyl groups is 1. The van der Waals surface area contributed by atoms with Gasteiger partial charge in [0.2, 0.25) is 0 Å². The summed E-state index contributed by atoms with van der Waals surface area (Å²) in [5, 5.41) is 9.29. The van der Waals surface area contributed by atoms with E-state index in [4.69, 9.17) is 5.73 Å². The van der Waals surface area contributed by atoms with Crippen molar-refractivity contribution in [3.63, 3.8) is 0 Å².